The summed E-state index contributed by atoms with van der Waals surface area (Å²) in [4.78, 5) is 0. The third kappa shape index (κ3) is 8.65. The van der Waals surface area contributed by atoms with Crippen molar-refractivity contribution in [3.63, 3.8) is 0 Å². The monoisotopic (exact) mass is 976 g/mol. The van der Waals surface area contributed by atoms with Gasteiger partial charge in [-0.1, -0.05) is 216 Å². The molecule has 2 aliphatic rings. The van der Waals surface area contributed by atoms with Crippen LogP contribution >= 0.6 is 11.3 Å². The fourth-order valence-corrected chi connectivity index (χ4v) is 12.8. The summed E-state index contributed by atoms with van der Waals surface area (Å²) in [6.07, 6.45) is 0. The summed E-state index contributed by atoms with van der Waals surface area (Å²) in [6.45, 7) is 21.9. The molecule has 0 fully saturated rings. The Hall–Kier alpha value is -7.78. The Morgan fingerprint density at radius 3 is 0.973 bits per heavy atom. The van der Waals surface area contributed by atoms with E-state index in [0.717, 1.165) is 11.2 Å². The number of hydrogen-bond acceptors (Lipinski definition) is 2. The summed E-state index contributed by atoms with van der Waals surface area (Å²) >= 11 is 1.88. The zero-order valence-corrected chi connectivity index (χ0v) is 45.3. The Balaban J connectivity index is 0.000000110. The number of benzene rings is 10. The van der Waals surface area contributed by atoms with Crippen LogP contribution in [-0.2, 0) is 10.8 Å². The summed E-state index contributed by atoms with van der Waals surface area (Å²) in [5.41, 5.74) is 26.2. The Morgan fingerprint density at radius 1 is 0.297 bits per heavy atom. The molecule has 2 heteroatoms. The van der Waals surface area contributed by atoms with Crippen LogP contribution in [0.25, 0.3) is 64.4 Å². The highest BCUT2D eigenvalue weighted by Crippen LogP contribution is 2.56. The number of rotatable bonds is 2. The second-order valence-electron chi connectivity index (χ2n) is 21.5. The molecule has 2 aromatic heterocycles. The molecule has 0 aliphatic heterocycles. The zero-order valence-electron chi connectivity index (χ0n) is 44.4. The molecule has 0 atom stereocenters. The predicted octanol–water partition coefficient (Wildman–Crippen LogP) is 20.2. The SMILES string of the molecule is Cc1ccc2c(c1)C(C)(C)c1cc(C)ccc1-2.Cc1ccc2c(c1)C(c1ccccc1)(c1ccccc1)c1cc(C)ccc1-2.Cc1ccc2oc3ccc(C)cc3c2c1.Cc1ccc2sc3ccc(C)cc3c2c1. The summed E-state index contributed by atoms with van der Waals surface area (Å²) in [6, 6.07) is 75.4. The van der Waals surface area contributed by atoms with Crippen molar-refractivity contribution in [2.24, 2.45) is 0 Å². The molecule has 0 unspecified atom stereocenters. The van der Waals surface area contributed by atoms with Gasteiger partial charge in [-0.2, -0.15) is 0 Å². The molecule has 0 N–H and O–H groups in total. The Morgan fingerprint density at radius 2 is 0.595 bits per heavy atom. The lowest BCUT2D eigenvalue weighted by atomic mass is 9.67. The van der Waals surface area contributed by atoms with Gasteiger partial charge in [0.05, 0.1) is 5.41 Å². The number of furan rings is 1. The number of aryl methyl sites for hydroxylation is 8. The molecule has 0 spiro atoms. The lowest BCUT2D eigenvalue weighted by Crippen LogP contribution is -2.28. The van der Waals surface area contributed by atoms with Crippen LogP contribution in [0, 0.1) is 55.4 Å². The van der Waals surface area contributed by atoms with Gasteiger partial charge in [-0.25, -0.2) is 0 Å². The van der Waals surface area contributed by atoms with Crippen LogP contribution in [0.4, 0.5) is 0 Å². The summed E-state index contributed by atoms with van der Waals surface area (Å²) < 4.78 is 8.54. The lowest BCUT2D eigenvalue weighted by molar-refractivity contribution is 0.659. The van der Waals surface area contributed by atoms with Gasteiger partial charge in [0, 0.05) is 36.4 Å². The normalized spacial score (nSPS) is 13.2. The molecule has 1 nitrogen and oxygen atoms in total. The number of fused-ring (bicyclic) bond motifs is 12. The smallest absolute Gasteiger partial charge is 0.135 e. The summed E-state index contributed by atoms with van der Waals surface area (Å²) in [5, 5.41) is 5.24. The van der Waals surface area contributed by atoms with Gasteiger partial charge in [0.15, 0.2) is 0 Å². The standard InChI is InChI=1S/C27H22.C17H18.C14H12O.C14H12S/c1-19-13-15-23-24-16-14-20(2)18-26(24)27(25(23)17-19,21-9-5-3-6-10-21)22-11-7-4-8-12-22;1-11-5-7-13-14-8-6-12(2)10-16(14)17(3,4)15(13)9-11;2*1-9-3-5-13-11(7-9)12-8-10(2)4-6-14(12)15-13/h3-18H,1-2H3;5-10H,1-4H3;2*3-8H,1-2H3. The van der Waals surface area contributed by atoms with E-state index in [1.807, 2.05) is 23.5 Å². The van der Waals surface area contributed by atoms with Crippen molar-refractivity contribution in [1.29, 1.82) is 0 Å². The third-order valence-electron chi connectivity index (χ3n) is 15.4. The minimum Gasteiger partial charge on any atom is -0.456 e. The largest absolute Gasteiger partial charge is 0.456 e. The van der Waals surface area contributed by atoms with Crippen LogP contribution in [0.3, 0.4) is 0 Å². The average Bonchev–Trinajstić information content (AvgIpc) is 4.09. The van der Waals surface area contributed by atoms with Crippen LogP contribution < -0.4 is 0 Å². The zero-order chi connectivity index (χ0) is 51.5. The van der Waals surface area contributed by atoms with Gasteiger partial charge in [0.1, 0.15) is 11.2 Å². The second-order valence-corrected chi connectivity index (χ2v) is 22.6. The maximum Gasteiger partial charge on any atom is 0.135 e. The first-order valence-corrected chi connectivity index (χ1v) is 26.9. The van der Waals surface area contributed by atoms with Crippen LogP contribution in [0.1, 0.15) is 91.7 Å². The van der Waals surface area contributed by atoms with E-state index in [0.29, 0.717) is 0 Å². The highest BCUT2D eigenvalue weighted by molar-refractivity contribution is 7.25. The molecule has 364 valence electrons. The molecule has 0 radical (unpaired) electrons. The van der Waals surface area contributed by atoms with E-state index in [1.54, 1.807) is 0 Å². The molecule has 12 aromatic rings. The fourth-order valence-electron chi connectivity index (χ4n) is 11.7. The number of hydrogen-bond donors (Lipinski definition) is 0. The fraction of sp³-hybridized carbons (Fsp3) is 0.167. The van der Waals surface area contributed by atoms with Crippen molar-refractivity contribution in [3.05, 3.63) is 284 Å². The van der Waals surface area contributed by atoms with E-state index in [-0.39, 0.29) is 10.8 Å². The molecule has 14 rings (SSSR count). The molecule has 0 saturated carbocycles. The van der Waals surface area contributed by atoms with Crippen molar-refractivity contribution in [1.82, 2.24) is 0 Å². The van der Waals surface area contributed by atoms with Crippen LogP contribution in [0.15, 0.2) is 211 Å². The molecule has 0 bridgehead atoms. The molecule has 74 heavy (non-hydrogen) atoms. The maximum atomic E-state index is 5.76. The Labute approximate surface area is 441 Å². The van der Waals surface area contributed by atoms with E-state index in [2.05, 4.69) is 263 Å². The lowest BCUT2D eigenvalue weighted by Gasteiger charge is -2.34. The number of thiophene rings is 1. The van der Waals surface area contributed by atoms with Gasteiger partial charge in [-0.15, -0.1) is 11.3 Å². The molecule has 0 amide bonds. The molecule has 0 saturated heterocycles. The van der Waals surface area contributed by atoms with Gasteiger partial charge >= 0.3 is 0 Å². The summed E-state index contributed by atoms with van der Waals surface area (Å²) in [5.74, 6) is 0. The van der Waals surface area contributed by atoms with Crippen molar-refractivity contribution in [3.8, 4) is 22.3 Å². The highest BCUT2D eigenvalue weighted by atomic mass is 32.1. The quantitative estimate of drug-likeness (QED) is 0.168. The topological polar surface area (TPSA) is 13.1 Å². The summed E-state index contributed by atoms with van der Waals surface area (Å²) in [7, 11) is 0. The van der Waals surface area contributed by atoms with Crippen LogP contribution in [0.5, 0.6) is 0 Å². The molecular formula is C72H64OS. The van der Waals surface area contributed by atoms with Crippen molar-refractivity contribution in [2.45, 2.75) is 80.1 Å². The van der Waals surface area contributed by atoms with E-state index < -0.39 is 0 Å². The average molecular weight is 977 g/mol. The molecule has 2 heterocycles. The predicted molar refractivity (Wildman–Crippen MR) is 319 cm³/mol. The molecular weight excluding hydrogens is 913 g/mol. The van der Waals surface area contributed by atoms with Gasteiger partial charge < -0.3 is 4.42 Å². The molecule has 2 aliphatic carbocycles. The van der Waals surface area contributed by atoms with Crippen LogP contribution in [-0.4, -0.2) is 0 Å². The van der Waals surface area contributed by atoms with E-state index in [1.165, 1.54) is 131 Å². The molecule has 10 aromatic carbocycles. The van der Waals surface area contributed by atoms with Gasteiger partial charge in [-0.3, -0.25) is 0 Å². The maximum absolute atomic E-state index is 5.76. The first kappa shape index (κ1) is 48.5. The van der Waals surface area contributed by atoms with E-state index in [4.69, 9.17) is 4.42 Å². The van der Waals surface area contributed by atoms with Gasteiger partial charge in [-0.05, 0) is 160 Å². The first-order chi connectivity index (χ1) is 35.7. The van der Waals surface area contributed by atoms with E-state index >= 15 is 0 Å². The van der Waals surface area contributed by atoms with Crippen LogP contribution in [0.2, 0.25) is 0 Å². The van der Waals surface area contributed by atoms with Crippen molar-refractivity contribution in [2.75, 3.05) is 0 Å². The van der Waals surface area contributed by atoms with Gasteiger partial charge in [0.25, 0.3) is 0 Å². The minimum absolute atomic E-state index is 0.142. The highest BCUT2D eigenvalue weighted by Gasteiger charge is 2.46. The Bertz CT molecular complexity index is 3690. The van der Waals surface area contributed by atoms with Crippen molar-refractivity contribution >= 4 is 53.4 Å². The Kier molecular flexibility index (Phi) is 12.6. The third-order valence-corrected chi connectivity index (χ3v) is 16.6. The van der Waals surface area contributed by atoms with Crippen molar-refractivity contribution < 1.29 is 4.42 Å². The second kappa shape index (κ2) is 19.2. The van der Waals surface area contributed by atoms with E-state index in [9.17, 15) is 0 Å². The first-order valence-electron chi connectivity index (χ1n) is 26.0. The minimum atomic E-state index is -0.273. The van der Waals surface area contributed by atoms with Gasteiger partial charge in [0.2, 0.25) is 0 Å².